The van der Waals surface area contributed by atoms with Gasteiger partial charge in [0.1, 0.15) is 18.9 Å². The van der Waals surface area contributed by atoms with Crippen LogP contribution in [-0.4, -0.2) is 49.6 Å². The second-order valence-corrected chi connectivity index (χ2v) is 6.50. The Kier molecular flexibility index (Phi) is 10.4. The SMILES string of the molecule is CCNC(=NCC(=O)N(CC)Cc1ccccc1)NCCCOCc1ccco1. The standard InChI is InChI=1S/C22H32N4O3/c1-3-23-22(24-13-9-14-28-18-20-12-8-15-29-20)25-16-21(27)26(4-2)17-19-10-6-5-7-11-19/h5-8,10-12,15H,3-4,9,13-14,16-18H2,1-2H3,(H2,23,24,25). The Morgan fingerprint density at radius 2 is 1.97 bits per heavy atom. The first-order valence-corrected chi connectivity index (χ1v) is 10.2. The van der Waals surface area contributed by atoms with Crippen molar-refractivity contribution in [2.24, 2.45) is 4.99 Å². The molecule has 0 saturated heterocycles. The summed E-state index contributed by atoms with van der Waals surface area (Å²) in [6.45, 7) is 7.89. The van der Waals surface area contributed by atoms with E-state index in [-0.39, 0.29) is 12.5 Å². The lowest BCUT2D eigenvalue weighted by Gasteiger charge is -2.20. The zero-order valence-corrected chi connectivity index (χ0v) is 17.4. The van der Waals surface area contributed by atoms with Crippen LogP contribution in [0.2, 0.25) is 0 Å². The fourth-order valence-corrected chi connectivity index (χ4v) is 2.72. The van der Waals surface area contributed by atoms with Crippen molar-refractivity contribution >= 4 is 11.9 Å². The van der Waals surface area contributed by atoms with E-state index in [0.717, 1.165) is 24.3 Å². The van der Waals surface area contributed by atoms with Crippen LogP contribution >= 0.6 is 0 Å². The van der Waals surface area contributed by atoms with Crippen LogP contribution in [-0.2, 0) is 22.7 Å². The van der Waals surface area contributed by atoms with Crippen molar-refractivity contribution < 1.29 is 13.9 Å². The Morgan fingerprint density at radius 3 is 2.66 bits per heavy atom. The van der Waals surface area contributed by atoms with Crippen LogP contribution in [0.5, 0.6) is 0 Å². The van der Waals surface area contributed by atoms with Gasteiger partial charge in [0.25, 0.3) is 0 Å². The molecule has 0 fully saturated rings. The molecule has 0 spiro atoms. The van der Waals surface area contributed by atoms with E-state index in [1.165, 1.54) is 0 Å². The largest absolute Gasteiger partial charge is 0.467 e. The summed E-state index contributed by atoms with van der Waals surface area (Å²) >= 11 is 0. The van der Waals surface area contributed by atoms with Gasteiger partial charge in [-0.15, -0.1) is 0 Å². The Labute approximate surface area is 173 Å². The molecule has 29 heavy (non-hydrogen) atoms. The van der Waals surface area contributed by atoms with Gasteiger partial charge < -0.3 is 24.7 Å². The van der Waals surface area contributed by atoms with Gasteiger partial charge in [-0.3, -0.25) is 4.79 Å². The zero-order chi connectivity index (χ0) is 20.7. The van der Waals surface area contributed by atoms with Gasteiger partial charge in [-0.2, -0.15) is 0 Å². The third-order valence-electron chi connectivity index (χ3n) is 4.25. The molecular formula is C22H32N4O3. The van der Waals surface area contributed by atoms with Gasteiger partial charge in [-0.25, -0.2) is 4.99 Å². The predicted octanol–water partition coefficient (Wildman–Crippen LogP) is 2.79. The molecule has 2 rings (SSSR count). The quantitative estimate of drug-likeness (QED) is 0.325. The Bertz CT molecular complexity index is 717. The maximum atomic E-state index is 12.5. The number of nitrogens with one attached hydrogen (secondary N) is 2. The molecule has 1 amide bonds. The third-order valence-corrected chi connectivity index (χ3v) is 4.25. The number of ether oxygens (including phenoxy) is 1. The van der Waals surface area contributed by atoms with Crippen molar-refractivity contribution in [2.75, 3.05) is 32.8 Å². The minimum Gasteiger partial charge on any atom is -0.467 e. The van der Waals surface area contributed by atoms with Crippen molar-refractivity contribution in [2.45, 2.75) is 33.4 Å². The third kappa shape index (κ3) is 8.83. The van der Waals surface area contributed by atoms with E-state index in [2.05, 4.69) is 15.6 Å². The van der Waals surface area contributed by atoms with Gasteiger partial charge in [0.2, 0.25) is 5.91 Å². The number of nitrogens with zero attached hydrogens (tertiary/aromatic N) is 2. The summed E-state index contributed by atoms with van der Waals surface area (Å²) in [5.74, 6) is 1.47. The number of carbonyl (C=O) groups excluding carboxylic acids is 1. The number of amides is 1. The smallest absolute Gasteiger partial charge is 0.244 e. The van der Waals surface area contributed by atoms with Crippen LogP contribution in [0.4, 0.5) is 0 Å². The van der Waals surface area contributed by atoms with E-state index in [1.807, 2.05) is 61.2 Å². The van der Waals surface area contributed by atoms with Gasteiger partial charge in [0.05, 0.1) is 6.26 Å². The molecule has 1 heterocycles. The molecule has 0 atom stereocenters. The molecule has 0 aliphatic heterocycles. The number of hydrogen-bond acceptors (Lipinski definition) is 4. The van der Waals surface area contributed by atoms with E-state index in [9.17, 15) is 4.79 Å². The number of aliphatic imine (C=N–C) groups is 1. The summed E-state index contributed by atoms with van der Waals surface area (Å²) in [6.07, 6.45) is 2.47. The molecule has 0 radical (unpaired) electrons. The first kappa shape index (κ1) is 22.5. The van der Waals surface area contributed by atoms with E-state index in [1.54, 1.807) is 6.26 Å². The molecule has 7 nitrogen and oxygen atoms in total. The highest BCUT2D eigenvalue weighted by Crippen LogP contribution is 2.05. The molecule has 7 heteroatoms. The van der Waals surface area contributed by atoms with Crippen molar-refractivity contribution in [3.8, 4) is 0 Å². The lowest BCUT2D eigenvalue weighted by Crippen LogP contribution is -2.39. The second kappa shape index (κ2) is 13.4. The lowest BCUT2D eigenvalue weighted by atomic mass is 10.2. The zero-order valence-electron chi connectivity index (χ0n) is 17.4. The van der Waals surface area contributed by atoms with Crippen molar-refractivity contribution in [3.05, 3.63) is 60.1 Å². The average Bonchev–Trinajstić information content (AvgIpc) is 3.26. The predicted molar refractivity (Wildman–Crippen MR) is 114 cm³/mol. The first-order chi connectivity index (χ1) is 14.2. The summed E-state index contributed by atoms with van der Waals surface area (Å²) in [5, 5.41) is 6.41. The Hall–Kier alpha value is -2.80. The minimum absolute atomic E-state index is 0.00957. The average molecular weight is 401 g/mol. The van der Waals surface area contributed by atoms with Crippen LogP contribution in [0, 0.1) is 0 Å². The van der Waals surface area contributed by atoms with Crippen LogP contribution in [0.25, 0.3) is 0 Å². The Morgan fingerprint density at radius 1 is 1.14 bits per heavy atom. The molecule has 0 bridgehead atoms. The summed E-state index contributed by atoms with van der Waals surface area (Å²) < 4.78 is 10.8. The van der Waals surface area contributed by atoms with Crippen molar-refractivity contribution in [1.82, 2.24) is 15.5 Å². The lowest BCUT2D eigenvalue weighted by molar-refractivity contribution is -0.130. The van der Waals surface area contributed by atoms with Crippen LogP contribution in [0.1, 0.15) is 31.6 Å². The number of likely N-dealkylation sites (N-methyl/N-ethyl adjacent to an activating group) is 1. The van der Waals surface area contributed by atoms with Crippen LogP contribution in [0.15, 0.2) is 58.1 Å². The second-order valence-electron chi connectivity index (χ2n) is 6.50. The molecule has 0 aliphatic rings. The molecule has 0 unspecified atom stereocenters. The van der Waals surface area contributed by atoms with E-state index < -0.39 is 0 Å². The molecule has 158 valence electrons. The normalized spacial score (nSPS) is 11.3. The number of carbonyl (C=O) groups is 1. The summed E-state index contributed by atoms with van der Waals surface area (Å²) in [4.78, 5) is 18.8. The molecular weight excluding hydrogens is 368 g/mol. The monoisotopic (exact) mass is 400 g/mol. The Balaban J connectivity index is 1.72. The topological polar surface area (TPSA) is 79.1 Å². The summed E-state index contributed by atoms with van der Waals surface area (Å²) in [5.41, 5.74) is 1.12. The van der Waals surface area contributed by atoms with E-state index >= 15 is 0 Å². The maximum Gasteiger partial charge on any atom is 0.244 e. The highest BCUT2D eigenvalue weighted by atomic mass is 16.5. The fourth-order valence-electron chi connectivity index (χ4n) is 2.72. The van der Waals surface area contributed by atoms with Gasteiger partial charge in [-0.05, 0) is 38.0 Å². The maximum absolute atomic E-state index is 12.5. The fraction of sp³-hybridized carbons (Fsp3) is 0.455. The summed E-state index contributed by atoms with van der Waals surface area (Å²) in [6, 6.07) is 13.7. The number of benzene rings is 1. The van der Waals surface area contributed by atoms with E-state index in [0.29, 0.717) is 38.8 Å². The number of rotatable bonds is 12. The molecule has 1 aromatic heterocycles. The van der Waals surface area contributed by atoms with Crippen LogP contribution in [0.3, 0.4) is 0 Å². The minimum atomic E-state index is 0.00957. The molecule has 2 N–H and O–H groups in total. The van der Waals surface area contributed by atoms with Crippen molar-refractivity contribution in [3.63, 3.8) is 0 Å². The number of furan rings is 1. The molecule has 0 saturated carbocycles. The van der Waals surface area contributed by atoms with Crippen LogP contribution < -0.4 is 10.6 Å². The van der Waals surface area contributed by atoms with Gasteiger partial charge >= 0.3 is 0 Å². The molecule has 2 aromatic rings. The van der Waals surface area contributed by atoms with Gasteiger partial charge in [-0.1, -0.05) is 30.3 Å². The molecule has 1 aromatic carbocycles. The van der Waals surface area contributed by atoms with E-state index in [4.69, 9.17) is 9.15 Å². The molecule has 0 aliphatic carbocycles. The van der Waals surface area contributed by atoms with Crippen molar-refractivity contribution in [1.29, 1.82) is 0 Å². The summed E-state index contributed by atoms with van der Waals surface area (Å²) in [7, 11) is 0. The highest BCUT2D eigenvalue weighted by molar-refractivity contribution is 5.84. The van der Waals surface area contributed by atoms with Gasteiger partial charge in [0.15, 0.2) is 5.96 Å². The first-order valence-electron chi connectivity index (χ1n) is 10.2. The number of guanidine groups is 1. The highest BCUT2D eigenvalue weighted by Gasteiger charge is 2.12. The number of hydrogen-bond donors (Lipinski definition) is 2. The van der Waals surface area contributed by atoms with Gasteiger partial charge in [0, 0.05) is 32.8 Å².